The number of β-lactam (4-membered cyclic amide) rings is 1. The Balaban J connectivity index is 1.48. The van der Waals surface area contributed by atoms with Crippen molar-refractivity contribution in [1.82, 2.24) is 39.8 Å². The van der Waals surface area contributed by atoms with Gasteiger partial charge in [0.1, 0.15) is 17.1 Å². The van der Waals surface area contributed by atoms with E-state index in [0.29, 0.717) is 30.2 Å². The summed E-state index contributed by atoms with van der Waals surface area (Å²) < 4.78 is 5.47. The van der Waals surface area contributed by atoms with Gasteiger partial charge >= 0.3 is 11.9 Å². The van der Waals surface area contributed by atoms with Crippen LogP contribution < -0.4 is 16.8 Å². The van der Waals surface area contributed by atoms with E-state index in [1.165, 1.54) is 30.4 Å². The molecule has 0 saturated carbocycles. The molecule has 2 aromatic heterocycles. The number of amides is 2. The summed E-state index contributed by atoms with van der Waals surface area (Å²) in [5.41, 5.74) is 11.0. The van der Waals surface area contributed by atoms with Crippen LogP contribution in [0.5, 0.6) is 0 Å². The number of nitrogens with two attached hydrogens (primary N) is 2. The summed E-state index contributed by atoms with van der Waals surface area (Å²) in [5, 5.41) is 36.3. The zero-order valence-electron chi connectivity index (χ0n) is 20.7. The molecule has 2 aliphatic heterocycles. The number of carboxylic acid groups (broad SMARTS) is 2. The summed E-state index contributed by atoms with van der Waals surface area (Å²) in [7, 11) is 0. The van der Waals surface area contributed by atoms with E-state index in [4.69, 9.17) is 21.4 Å². The molecule has 0 radical (unpaired) electrons. The van der Waals surface area contributed by atoms with Gasteiger partial charge in [-0.25, -0.2) is 14.3 Å². The van der Waals surface area contributed by atoms with E-state index in [2.05, 4.69) is 35.4 Å². The molecule has 2 aromatic rings. The van der Waals surface area contributed by atoms with Crippen molar-refractivity contribution in [3.63, 3.8) is 0 Å². The summed E-state index contributed by atoms with van der Waals surface area (Å²) >= 11 is 3.27. The van der Waals surface area contributed by atoms with Gasteiger partial charge in [-0.1, -0.05) is 16.9 Å². The predicted molar refractivity (Wildman–Crippen MR) is 141 cm³/mol. The molecule has 0 aromatic carbocycles. The number of nitrogens with zero attached hydrogens (tertiary/aromatic N) is 8. The summed E-state index contributed by atoms with van der Waals surface area (Å²) in [6.45, 7) is 2.17. The summed E-state index contributed by atoms with van der Waals surface area (Å²) in [5.74, 6) is -3.93. The van der Waals surface area contributed by atoms with E-state index in [0.717, 1.165) is 16.4 Å². The molecule has 7 N–H and O–H groups in total. The number of carbonyl (C=O) groups excluding carboxylic acids is 2. The number of anilines is 1. The first-order valence-corrected chi connectivity index (χ1v) is 14.3. The van der Waals surface area contributed by atoms with Gasteiger partial charge in [-0.2, -0.15) is 9.36 Å². The van der Waals surface area contributed by atoms with Crippen molar-refractivity contribution >= 4 is 69.7 Å². The van der Waals surface area contributed by atoms with Crippen molar-refractivity contribution in [2.75, 3.05) is 23.8 Å². The second-order valence-electron chi connectivity index (χ2n) is 8.22. The SMILES string of the molecule is CC(O/N=C(\C(=O)NC1C(=O)N2C(C(=O)O)=C(CSc3nnnn3CCCN)CS[C@H]12)c1nsc(N)n1)C(=O)O. The molecule has 1 fully saturated rings. The number of hydrogen-bond acceptors (Lipinski definition) is 16. The van der Waals surface area contributed by atoms with E-state index in [1.54, 1.807) is 4.68 Å². The Kier molecular flexibility index (Phi) is 9.17. The summed E-state index contributed by atoms with van der Waals surface area (Å²) in [6, 6.07) is -1.09. The highest BCUT2D eigenvalue weighted by Crippen LogP contribution is 2.41. The number of nitrogens with one attached hydrogen (secondary N) is 1. The Morgan fingerprint density at radius 2 is 2.12 bits per heavy atom. The number of hydrogen-bond donors (Lipinski definition) is 5. The van der Waals surface area contributed by atoms with Crippen LogP contribution in [0.3, 0.4) is 0 Å². The highest BCUT2D eigenvalue weighted by Gasteiger charge is 2.54. The minimum atomic E-state index is -1.39. The van der Waals surface area contributed by atoms with E-state index < -0.39 is 47.0 Å². The number of carboxylic acids is 2. The quantitative estimate of drug-likeness (QED) is 0.0720. The number of thioether (sulfide) groups is 2. The predicted octanol–water partition coefficient (Wildman–Crippen LogP) is -1.82. The number of oxime groups is 1. The number of carbonyl (C=O) groups is 4. The maximum absolute atomic E-state index is 13.1. The van der Waals surface area contributed by atoms with Crippen LogP contribution in [-0.2, 0) is 30.6 Å². The van der Waals surface area contributed by atoms with Gasteiger partial charge in [0.25, 0.3) is 11.8 Å². The van der Waals surface area contributed by atoms with Crippen molar-refractivity contribution < 1.29 is 34.2 Å². The van der Waals surface area contributed by atoms with Crippen LogP contribution >= 0.6 is 35.1 Å². The van der Waals surface area contributed by atoms with E-state index in [-0.39, 0.29) is 28.2 Å². The van der Waals surface area contributed by atoms with Gasteiger partial charge in [-0.15, -0.1) is 16.9 Å². The van der Waals surface area contributed by atoms with Gasteiger partial charge < -0.3 is 31.8 Å². The normalized spacial score (nSPS) is 19.6. The lowest BCUT2D eigenvalue weighted by Crippen LogP contribution is -2.71. The first-order valence-electron chi connectivity index (χ1n) is 11.5. The zero-order valence-corrected chi connectivity index (χ0v) is 23.1. The molecule has 2 unspecified atom stereocenters. The van der Waals surface area contributed by atoms with Crippen molar-refractivity contribution in [3.05, 3.63) is 17.1 Å². The maximum atomic E-state index is 13.1. The molecule has 2 amide bonds. The molecule has 4 heterocycles. The minimum absolute atomic E-state index is 0.0190. The Morgan fingerprint density at radius 1 is 1.35 bits per heavy atom. The third kappa shape index (κ3) is 6.16. The molecule has 21 heteroatoms. The molecule has 1 saturated heterocycles. The topological polar surface area (TPSA) is 267 Å². The van der Waals surface area contributed by atoms with Crippen LogP contribution in [0.1, 0.15) is 19.2 Å². The lowest BCUT2D eigenvalue weighted by molar-refractivity contribution is -0.150. The van der Waals surface area contributed by atoms with Gasteiger partial charge in [0, 0.05) is 29.6 Å². The number of nitrogen functional groups attached to an aromatic ring is 1. The second-order valence-corrected chi connectivity index (χ2v) is 11.0. The first kappa shape index (κ1) is 29.2. The monoisotopic (exact) mass is 613 g/mol. The van der Waals surface area contributed by atoms with Crippen LogP contribution in [-0.4, -0.2) is 110 Å². The Labute approximate surface area is 237 Å². The molecule has 40 heavy (non-hydrogen) atoms. The van der Waals surface area contributed by atoms with E-state index in [9.17, 15) is 24.3 Å². The third-order valence-corrected chi connectivity index (χ3v) is 8.43. The van der Waals surface area contributed by atoms with E-state index in [1.807, 2.05) is 0 Å². The Bertz CT molecular complexity index is 1380. The average Bonchev–Trinajstić information content (AvgIpc) is 3.56. The molecule has 3 atom stereocenters. The van der Waals surface area contributed by atoms with Gasteiger partial charge in [-0.3, -0.25) is 14.5 Å². The number of aromatic nitrogens is 6. The Morgan fingerprint density at radius 3 is 2.77 bits per heavy atom. The fourth-order valence-electron chi connectivity index (χ4n) is 3.53. The molecular formula is C19H23N11O7S3. The highest BCUT2D eigenvalue weighted by atomic mass is 32.2. The van der Waals surface area contributed by atoms with Crippen LogP contribution in [0.15, 0.2) is 21.6 Å². The number of aliphatic carboxylic acids is 2. The maximum Gasteiger partial charge on any atom is 0.352 e. The van der Waals surface area contributed by atoms with Crippen LogP contribution in [0.2, 0.25) is 0 Å². The highest BCUT2D eigenvalue weighted by molar-refractivity contribution is 8.01. The number of rotatable bonds is 13. The fourth-order valence-corrected chi connectivity index (χ4v) is 6.35. The van der Waals surface area contributed by atoms with Crippen LogP contribution in [0, 0.1) is 0 Å². The van der Waals surface area contributed by atoms with Gasteiger partial charge in [0.05, 0.1) is 0 Å². The zero-order chi connectivity index (χ0) is 29.0. The number of tetrazole rings is 1. The number of fused-ring (bicyclic) bond motifs is 1. The molecule has 2 aliphatic rings. The van der Waals surface area contributed by atoms with Crippen LogP contribution in [0.25, 0.3) is 0 Å². The van der Waals surface area contributed by atoms with Crippen molar-refractivity contribution in [3.8, 4) is 0 Å². The lowest BCUT2D eigenvalue weighted by atomic mass is 10.0. The van der Waals surface area contributed by atoms with Crippen molar-refractivity contribution in [2.45, 2.75) is 42.6 Å². The molecule has 0 bridgehead atoms. The number of aryl methyl sites for hydroxylation is 1. The molecular weight excluding hydrogens is 590 g/mol. The van der Waals surface area contributed by atoms with Gasteiger partial charge in [0.2, 0.25) is 22.8 Å². The fraction of sp³-hybridized carbons (Fsp3) is 0.474. The van der Waals surface area contributed by atoms with E-state index >= 15 is 0 Å². The van der Waals surface area contributed by atoms with Crippen molar-refractivity contribution in [1.29, 1.82) is 0 Å². The molecule has 18 nitrogen and oxygen atoms in total. The Hall–Kier alpha value is -3.82. The molecule has 0 aliphatic carbocycles. The van der Waals surface area contributed by atoms with Crippen LogP contribution in [0.4, 0.5) is 5.13 Å². The first-order chi connectivity index (χ1) is 19.1. The van der Waals surface area contributed by atoms with Gasteiger partial charge in [0.15, 0.2) is 5.13 Å². The minimum Gasteiger partial charge on any atom is -0.478 e. The van der Waals surface area contributed by atoms with Gasteiger partial charge in [-0.05, 0) is 35.9 Å². The largest absolute Gasteiger partial charge is 0.478 e. The molecule has 4 rings (SSSR count). The second kappa shape index (κ2) is 12.6. The smallest absolute Gasteiger partial charge is 0.352 e. The lowest BCUT2D eigenvalue weighted by Gasteiger charge is -2.49. The molecule has 214 valence electrons. The summed E-state index contributed by atoms with van der Waals surface area (Å²) in [6.07, 6.45) is -0.726. The van der Waals surface area contributed by atoms with Crippen molar-refractivity contribution in [2.24, 2.45) is 10.9 Å². The molecule has 0 spiro atoms. The average molecular weight is 614 g/mol. The standard InChI is InChI=1S/C19H23N11O7S3/c1-7(16(33)34)37-25-9(12-23-18(21)40-26-12)13(31)22-10-14(32)30-11(17(35)36)8(5-38-15(10)30)6-39-19-24-27-28-29(19)4-2-3-20/h7,10,15H,2-6,20H2,1H3,(H,22,31)(H,33,34)(H,35,36)(H2,21,23,26)/b25-9-/t7?,10?,15-/m1/s1. The summed E-state index contributed by atoms with van der Waals surface area (Å²) in [4.78, 5) is 59.2. The third-order valence-electron chi connectivity index (χ3n) is 5.50.